The van der Waals surface area contributed by atoms with Crippen molar-refractivity contribution in [2.75, 3.05) is 6.54 Å². The molecular formula is C17H18ClN. The van der Waals surface area contributed by atoms with Crippen LogP contribution in [-0.4, -0.2) is 6.54 Å². The molecular weight excluding hydrogens is 254 g/mol. The van der Waals surface area contributed by atoms with Gasteiger partial charge in [0.2, 0.25) is 0 Å². The number of rotatable bonds is 5. The Morgan fingerprint density at radius 3 is 2.68 bits per heavy atom. The predicted molar refractivity (Wildman–Crippen MR) is 83.4 cm³/mol. The molecule has 0 aliphatic rings. The molecule has 0 amide bonds. The van der Waals surface area contributed by atoms with Gasteiger partial charge >= 0.3 is 0 Å². The van der Waals surface area contributed by atoms with Crippen LogP contribution in [0.25, 0.3) is 5.70 Å². The lowest BCUT2D eigenvalue weighted by atomic mass is 10.1. The van der Waals surface area contributed by atoms with Gasteiger partial charge in [-0.2, -0.15) is 0 Å². The van der Waals surface area contributed by atoms with Crippen molar-refractivity contribution in [3.8, 4) is 0 Å². The van der Waals surface area contributed by atoms with Crippen molar-refractivity contribution in [3.63, 3.8) is 0 Å². The van der Waals surface area contributed by atoms with E-state index in [1.54, 1.807) is 0 Å². The fourth-order valence-electron chi connectivity index (χ4n) is 1.99. The number of benzene rings is 2. The van der Waals surface area contributed by atoms with E-state index in [0.29, 0.717) is 0 Å². The van der Waals surface area contributed by atoms with Gasteiger partial charge < -0.3 is 5.32 Å². The maximum absolute atomic E-state index is 5.96. The second kappa shape index (κ2) is 6.44. The molecule has 0 aromatic heterocycles. The minimum atomic E-state index is 0.787. The molecule has 2 aromatic carbocycles. The second-order valence-electron chi connectivity index (χ2n) is 4.65. The summed E-state index contributed by atoms with van der Waals surface area (Å²) in [5.41, 5.74) is 4.59. The molecule has 0 heterocycles. The maximum atomic E-state index is 5.96. The van der Waals surface area contributed by atoms with Crippen LogP contribution in [0.2, 0.25) is 5.02 Å². The summed E-state index contributed by atoms with van der Waals surface area (Å²) >= 11 is 5.96. The quantitative estimate of drug-likeness (QED) is 0.847. The normalized spacial score (nSPS) is 10.2. The molecule has 0 spiro atoms. The highest BCUT2D eigenvalue weighted by Gasteiger charge is 1.99. The number of hydrogen-bond donors (Lipinski definition) is 1. The van der Waals surface area contributed by atoms with Crippen LogP contribution in [-0.2, 0) is 6.42 Å². The first-order valence-electron chi connectivity index (χ1n) is 6.39. The van der Waals surface area contributed by atoms with Crippen molar-refractivity contribution in [3.05, 3.63) is 76.8 Å². The summed E-state index contributed by atoms with van der Waals surface area (Å²) < 4.78 is 0. The molecule has 0 saturated carbocycles. The molecule has 1 nitrogen and oxygen atoms in total. The first-order chi connectivity index (χ1) is 9.15. The van der Waals surface area contributed by atoms with Crippen molar-refractivity contribution < 1.29 is 0 Å². The summed E-state index contributed by atoms with van der Waals surface area (Å²) in [6.07, 6.45) is 0.936. The van der Waals surface area contributed by atoms with Gasteiger partial charge in [0.15, 0.2) is 0 Å². The Morgan fingerprint density at radius 1 is 1.16 bits per heavy atom. The Kier molecular flexibility index (Phi) is 4.64. The monoisotopic (exact) mass is 271 g/mol. The van der Waals surface area contributed by atoms with Crippen LogP contribution in [0, 0.1) is 6.92 Å². The molecule has 98 valence electrons. The molecule has 2 heteroatoms. The Bertz CT molecular complexity index is 575. The zero-order valence-electron chi connectivity index (χ0n) is 11.1. The van der Waals surface area contributed by atoms with Crippen molar-refractivity contribution in [1.29, 1.82) is 0 Å². The molecule has 2 rings (SSSR count). The topological polar surface area (TPSA) is 12.0 Å². The molecule has 0 fully saturated rings. The van der Waals surface area contributed by atoms with Crippen LogP contribution in [0.5, 0.6) is 0 Å². The highest BCUT2D eigenvalue weighted by Crippen LogP contribution is 2.13. The minimum absolute atomic E-state index is 0.787. The molecule has 19 heavy (non-hydrogen) atoms. The number of nitrogens with one attached hydrogen (secondary N) is 1. The van der Waals surface area contributed by atoms with Gasteiger partial charge in [-0.25, -0.2) is 0 Å². The first-order valence-corrected chi connectivity index (χ1v) is 6.77. The van der Waals surface area contributed by atoms with Crippen molar-refractivity contribution >= 4 is 17.3 Å². The Hall–Kier alpha value is -1.73. The van der Waals surface area contributed by atoms with E-state index < -0.39 is 0 Å². The van der Waals surface area contributed by atoms with Gasteiger partial charge in [-0.1, -0.05) is 54.1 Å². The van der Waals surface area contributed by atoms with Gasteiger partial charge in [-0.15, -0.1) is 0 Å². The predicted octanol–water partition coefficient (Wildman–Crippen LogP) is 4.45. The van der Waals surface area contributed by atoms with Gasteiger partial charge in [0.25, 0.3) is 0 Å². The van der Waals surface area contributed by atoms with Crippen LogP contribution in [0.15, 0.2) is 55.1 Å². The highest BCUT2D eigenvalue weighted by atomic mass is 35.5. The van der Waals surface area contributed by atoms with E-state index in [-0.39, 0.29) is 0 Å². The fourth-order valence-corrected chi connectivity index (χ4v) is 2.20. The van der Waals surface area contributed by atoms with Gasteiger partial charge in [-0.05, 0) is 42.7 Å². The molecule has 0 unspecified atom stereocenters. The molecule has 0 radical (unpaired) electrons. The van der Waals surface area contributed by atoms with Gasteiger partial charge in [0, 0.05) is 17.3 Å². The first kappa shape index (κ1) is 13.7. The lowest BCUT2D eigenvalue weighted by Crippen LogP contribution is -2.15. The molecule has 2 aromatic rings. The van der Waals surface area contributed by atoms with Crippen LogP contribution in [0.4, 0.5) is 0 Å². The lowest BCUT2D eigenvalue weighted by Gasteiger charge is -2.10. The van der Waals surface area contributed by atoms with E-state index in [9.17, 15) is 0 Å². The van der Waals surface area contributed by atoms with Crippen LogP contribution < -0.4 is 5.32 Å². The standard InChI is InChI=1S/C17H18ClN/c1-13-5-3-7-16(11-13)14(2)19-10-9-15-6-4-8-17(18)12-15/h3-8,11-12,19H,2,9-10H2,1H3. The lowest BCUT2D eigenvalue weighted by molar-refractivity contribution is 0.849. The third-order valence-electron chi connectivity index (χ3n) is 3.01. The van der Waals surface area contributed by atoms with E-state index in [4.69, 9.17) is 11.6 Å². The van der Waals surface area contributed by atoms with E-state index in [2.05, 4.69) is 49.2 Å². The summed E-state index contributed by atoms with van der Waals surface area (Å²) in [6.45, 7) is 7.02. The van der Waals surface area contributed by atoms with Gasteiger partial charge in [0.05, 0.1) is 0 Å². The summed E-state index contributed by atoms with van der Waals surface area (Å²) in [5, 5.41) is 4.14. The van der Waals surface area contributed by atoms with E-state index >= 15 is 0 Å². The summed E-state index contributed by atoms with van der Waals surface area (Å²) in [6, 6.07) is 16.3. The molecule has 1 N–H and O–H groups in total. The minimum Gasteiger partial charge on any atom is -0.385 e. The Morgan fingerprint density at radius 2 is 1.95 bits per heavy atom. The van der Waals surface area contributed by atoms with Gasteiger partial charge in [0.1, 0.15) is 0 Å². The van der Waals surface area contributed by atoms with Crippen molar-refractivity contribution in [2.24, 2.45) is 0 Å². The van der Waals surface area contributed by atoms with Crippen molar-refractivity contribution in [1.82, 2.24) is 5.32 Å². The number of aryl methyl sites for hydroxylation is 1. The molecule has 0 aliphatic carbocycles. The highest BCUT2D eigenvalue weighted by molar-refractivity contribution is 6.30. The summed E-state index contributed by atoms with van der Waals surface area (Å²) in [4.78, 5) is 0. The number of halogens is 1. The van der Waals surface area contributed by atoms with Crippen LogP contribution >= 0.6 is 11.6 Å². The SMILES string of the molecule is C=C(NCCc1cccc(Cl)c1)c1cccc(C)c1. The smallest absolute Gasteiger partial charge is 0.0408 e. The van der Waals surface area contributed by atoms with E-state index in [0.717, 1.165) is 29.2 Å². The molecule has 0 aliphatic heterocycles. The second-order valence-corrected chi connectivity index (χ2v) is 5.09. The summed E-state index contributed by atoms with van der Waals surface area (Å²) in [5.74, 6) is 0. The van der Waals surface area contributed by atoms with E-state index in [1.165, 1.54) is 11.1 Å². The van der Waals surface area contributed by atoms with Gasteiger partial charge in [-0.3, -0.25) is 0 Å². The average molecular weight is 272 g/mol. The third-order valence-corrected chi connectivity index (χ3v) is 3.24. The molecule has 0 saturated heterocycles. The Labute approximate surface area is 119 Å². The maximum Gasteiger partial charge on any atom is 0.0408 e. The third kappa shape index (κ3) is 4.15. The zero-order chi connectivity index (χ0) is 13.7. The molecule has 0 atom stereocenters. The van der Waals surface area contributed by atoms with E-state index in [1.807, 2.05) is 18.2 Å². The largest absolute Gasteiger partial charge is 0.385 e. The molecule has 0 bridgehead atoms. The Balaban J connectivity index is 1.87. The zero-order valence-corrected chi connectivity index (χ0v) is 11.9. The number of hydrogen-bond acceptors (Lipinski definition) is 1. The van der Waals surface area contributed by atoms with Crippen molar-refractivity contribution in [2.45, 2.75) is 13.3 Å². The fraction of sp³-hybridized carbons (Fsp3) is 0.176. The average Bonchev–Trinajstić information content (AvgIpc) is 2.38. The van der Waals surface area contributed by atoms with Crippen LogP contribution in [0.3, 0.4) is 0 Å². The summed E-state index contributed by atoms with van der Waals surface area (Å²) in [7, 11) is 0. The van der Waals surface area contributed by atoms with Crippen LogP contribution in [0.1, 0.15) is 16.7 Å².